The van der Waals surface area contributed by atoms with E-state index in [0.29, 0.717) is 6.54 Å². The van der Waals surface area contributed by atoms with Crippen molar-refractivity contribution >= 4 is 5.97 Å². The number of hydrogen-bond acceptors (Lipinski definition) is 4. The van der Waals surface area contributed by atoms with Crippen molar-refractivity contribution in [1.29, 1.82) is 0 Å². The van der Waals surface area contributed by atoms with Crippen LogP contribution in [0.4, 0.5) is 0 Å². The predicted molar refractivity (Wildman–Crippen MR) is 86.5 cm³/mol. The molecule has 122 valence electrons. The van der Waals surface area contributed by atoms with Crippen molar-refractivity contribution in [2.24, 2.45) is 0 Å². The molecule has 0 fully saturated rings. The molecule has 0 atom stereocenters. The lowest BCUT2D eigenvalue weighted by Gasteiger charge is -2.23. The summed E-state index contributed by atoms with van der Waals surface area (Å²) in [6, 6.07) is 7.84. The van der Waals surface area contributed by atoms with E-state index in [1.54, 1.807) is 7.11 Å². The number of methoxy groups -OCH3 is 1. The Balaban J connectivity index is 2.03. The van der Waals surface area contributed by atoms with Crippen molar-refractivity contribution in [3.8, 4) is 17.0 Å². The van der Waals surface area contributed by atoms with Crippen molar-refractivity contribution in [2.75, 3.05) is 20.7 Å². The Morgan fingerprint density at radius 2 is 2.26 bits per heavy atom. The minimum Gasteiger partial charge on any atom is -0.497 e. The summed E-state index contributed by atoms with van der Waals surface area (Å²) >= 11 is 0. The number of ether oxygens (including phenoxy) is 1. The first-order valence-electron chi connectivity index (χ1n) is 7.72. The largest absolute Gasteiger partial charge is 0.497 e. The van der Waals surface area contributed by atoms with Crippen LogP contribution in [0.3, 0.4) is 0 Å². The maximum absolute atomic E-state index is 10.9. The molecule has 0 radical (unpaired) electrons. The maximum Gasteiger partial charge on any atom is 0.305 e. The number of nitrogens with zero attached hydrogens (tertiary/aromatic N) is 3. The fraction of sp³-hybridized carbons (Fsp3) is 0.412. The third kappa shape index (κ3) is 3.22. The molecule has 0 unspecified atom stereocenters. The average Bonchev–Trinajstić information content (AvgIpc) is 2.90. The van der Waals surface area contributed by atoms with Crippen LogP contribution in [0.25, 0.3) is 11.3 Å². The number of aromatic nitrogens is 2. The molecule has 0 amide bonds. The first kappa shape index (κ1) is 15.6. The molecule has 1 aliphatic rings. The Morgan fingerprint density at radius 3 is 3.00 bits per heavy atom. The first-order chi connectivity index (χ1) is 11.1. The van der Waals surface area contributed by atoms with Crippen molar-refractivity contribution < 1.29 is 14.6 Å². The van der Waals surface area contributed by atoms with Gasteiger partial charge in [-0.2, -0.15) is 5.10 Å². The molecular formula is C17H21N3O3. The van der Waals surface area contributed by atoms with Crippen LogP contribution >= 0.6 is 0 Å². The van der Waals surface area contributed by atoms with Gasteiger partial charge in [-0.15, -0.1) is 0 Å². The van der Waals surface area contributed by atoms with Gasteiger partial charge in [0.15, 0.2) is 0 Å². The summed E-state index contributed by atoms with van der Waals surface area (Å²) < 4.78 is 7.17. The third-order valence-corrected chi connectivity index (χ3v) is 4.21. The zero-order chi connectivity index (χ0) is 16.4. The van der Waals surface area contributed by atoms with E-state index < -0.39 is 5.97 Å². The van der Waals surface area contributed by atoms with Gasteiger partial charge in [0.05, 0.1) is 25.8 Å². The first-order valence-corrected chi connectivity index (χ1v) is 7.72. The summed E-state index contributed by atoms with van der Waals surface area (Å²) in [5, 5.41) is 13.7. The van der Waals surface area contributed by atoms with Gasteiger partial charge in [0.25, 0.3) is 0 Å². The number of fused-ring (bicyclic) bond motifs is 1. The summed E-state index contributed by atoms with van der Waals surface area (Å²) in [4.78, 5) is 13.1. The molecule has 0 saturated carbocycles. The van der Waals surface area contributed by atoms with Gasteiger partial charge in [0.2, 0.25) is 0 Å². The number of benzene rings is 1. The highest BCUT2D eigenvalue weighted by atomic mass is 16.5. The van der Waals surface area contributed by atoms with Gasteiger partial charge in [-0.25, -0.2) is 0 Å². The molecule has 23 heavy (non-hydrogen) atoms. The number of hydrogen-bond donors (Lipinski definition) is 1. The minimum absolute atomic E-state index is 0.0848. The lowest BCUT2D eigenvalue weighted by atomic mass is 10.0. The van der Waals surface area contributed by atoms with Gasteiger partial charge in [0, 0.05) is 36.3 Å². The molecule has 0 bridgehead atoms. The maximum atomic E-state index is 10.9. The van der Waals surface area contributed by atoms with E-state index >= 15 is 0 Å². The van der Waals surface area contributed by atoms with E-state index in [0.717, 1.165) is 42.2 Å². The third-order valence-electron chi connectivity index (χ3n) is 4.21. The summed E-state index contributed by atoms with van der Waals surface area (Å²) in [6.07, 6.45) is 0.976. The van der Waals surface area contributed by atoms with Crippen LogP contribution in [0.1, 0.15) is 17.7 Å². The highest BCUT2D eigenvalue weighted by molar-refractivity contribution is 5.67. The lowest BCUT2D eigenvalue weighted by Crippen LogP contribution is -2.27. The second-order valence-electron chi connectivity index (χ2n) is 5.86. The van der Waals surface area contributed by atoms with Crippen molar-refractivity contribution in [1.82, 2.24) is 14.7 Å². The molecule has 1 aromatic carbocycles. The van der Waals surface area contributed by atoms with Crippen LogP contribution in [-0.4, -0.2) is 46.5 Å². The molecule has 1 aromatic heterocycles. The summed E-state index contributed by atoms with van der Waals surface area (Å²) in [6.45, 7) is 2.20. The van der Waals surface area contributed by atoms with Crippen LogP contribution in [0, 0.1) is 0 Å². The smallest absolute Gasteiger partial charge is 0.305 e. The second-order valence-corrected chi connectivity index (χ2v) is 5.86. The highest BCUT2D eigenvalue weighted by Crippen LogP contribution is 2.31. The zero-order valence-corrected chi connectivity index (χ0v) is 13.5. The normalized spacial score (nSPS) is 14.5. The van der Waals surface area contributed by atoms with Gasteiger partial charge >= 0.3 is 5.97 Å². The molecule has 0 spiro atoms. The topological polar surface area (TPSA) is 67.6 Å². The minimum atomic E-state index is -0.801. The Kier molecular flexibility index (Phi) is 4.34. The van der Waals surface area contributed by atoms with Crippen molar-refractivity contribution in [3.05, 3.63) is 35.5 Å². The van der Waals surface area contributed by atoms with Crippen LogP contribution in [0.2, 0.25) is 0 Å². The van der Waals surface area contributed by atoms with E-state index in [2.05, 4.69) is 11.9 Å². The summed E-state index contributed by atoms with van der Waals surface area (Å²) in [5.74, 6) is -0.00870. The molecule has 0 saturated heterocycles. The van der Waals surface area contributed by atoms with Gasteiger partial charge in [0.1, 0.15) is 5.75 Å². The highest BCUT2D eigenvalue weighted by Gasteiger charge is 2.24. The Morgan fingerprint density at radius 1 is 1.43 bits per heavy atom. The quantitative estimate of drug-likeness (QED) is 0.914. The molecular weight excluding hydrogens is 294 g/mol. The molecule has 3 rings (SSSR count). The average molecular weight is 315 g/mol. The Bertz CT molecular complexity index is 724. The van der Waals surface area contributed by atoms with Gasteiger partial charge in [-0.1, -0.05) is 12.1 Å². The van der Waals surface area contributed by atoms with E-state index in [4.69, 9.17) is 14.9 Å². The number of likely N-dealkylation sites (N-methyl/N-ethyl adjacent to an activating group) is 1. The number of aliphatic carboxylic acids is 1. The standard InChI is InChI=1S/C17H21N3O3/c1-19-8-6-15-14(11-19)17(18-20(15)9-7-16(21)22)12-4-3-5-13(10-12)23-2/h3-5,10H,6-9,11H2,1-2H3,(H,21,22). The molecule has 6 heteroatoms. The van der Waals surface area contributed by atoms with Crippen LogP contribution in [0.5, 0.6) is 5.75 Å². The molecule has 2 heterocycles. The van der Waals surface area contributed by atoms with Crippen molar-refractivity contribution in [2.45, 2.75) is 25.9 Å². The number of carbonyl (C=O) groups is 1. The van der Waals surface area contributed by atoms with E-state index in [1.807, 2.05) is 28.9 Å². The van der Waals surface area contributed by atoms with Crippen LogP contribution in [-0.2, 0) is 24.3 Å². The monoisotopic (exact) mass is 315 g/mol. The van der Waals surface area contributed by atoms with Crippen LogP contribution in [0.15, 0.2) is 24.3 Å². The van der Waals surface area contributed by atoms with Crippen molar-refractivity contribution in [3.63, 3.8) is 0 Å². The SMILES string of the molecule is COc1cccc(-c2nn(CCC(=O)O)c3c2CN(C)CC3)c1. The number of rotatable bonds is 5. The fourth-order valence-electron chi connectivity index (χ4n) is 3.01. The summed E-state index contributed by atoms with van der Waals surface area (Å²) in [5.41, 5.74) is 4.28. The zero-order valence-electron chi connectivity index (χ0n) is 13.5. The molecule has 2 aromatic rings. The van der Waals surface area contributed by atoms with Crippen LogP contribution < -0.4 is 4.74 Å². The van der Waals surface area contributed by atoms with E-state index in [9.17, 15) is 4.79 Å². The fourth-order valence-corrected chi connectivity index (χ4v) is 3.01. The van der Waals surface area contributed by atoms with Gasteiger partial charge in [-0.3, -0.25) is 9.48 Å². The van der Waals surface area contributed by atoms with E-state index in [-0.39, 0.29) is 6.42 Å². The molecule has 1 aliphatic heterocycles. The molecule has 1 N–H and O–H groups in total. The van der Waals surface area contributed by atoms with Gasteiger partial charge in [-0.05, 0) is 19.2 Å². The second kappa shape index (κ2) is 6.42. The Hall–Kier alpha value is -2.34. The van der Waals surface area contributed by atoms with Gasteiger partial charge < -0.3 is 14.7 Å². The van der Waals surface area contributed by atoms with E-state index in [1.165, 1.54) is 5.56 Å². The molecule has 6 nitrogen and oxygen atoms in total. The Labute approximate surface area is 135 Å². The predicted octanol–water partition coefficient (Wildman–Crippen LogP) is 2.02. The number of aryl methyl sites for hydroxylation is 1. The lowest BCUT2D eigenvalue weighted by molar-refractivity contribution is -0.137. The molecule has 0 aliphatic carbocycles. The number of carboxylic acid groups (broad SMARTS) is 1. The summed E-state index contributed by atoms with van der Waals surface area (Å²) in [7, 11) is 3.74. The number of carboxylic acids is 1.